The zero-order valence-electron chi connectivity index (χ0n) is 5.51. The molecule has 0 aromatic carbocycles. The van der Waals surface area contributed by atoms with E-state index in [-0.39, 0.29) is 0 Å². The number of carbonyl (C=O) groups is 1. The van der Waals surface area contributed by atoms with E-state index >= 15 is 0 Å². The van der Waals surface area contributed by atoms with E-state index in [1.54, 1.807) is 0 Å². The third-order valence-corrected chi connectivity index (χ3v) is 1.08. The normalized spacial score (nSPS) is 15.5. The summed E-state index contributed by atoms with van der Waals surface area (Å²) in [6.07, 6.45) is -9.53. The zero-order chi connectivity index (χ0) is 10.9. The highest BCUT2D eigenvalue weighted by molar-refractivity contribution is 7.81. The van der Waals surface area contributed by atoms with Crippen molar-refractivity contribution in [3.8, 4) is 0 Å². The number of rotatable bonds is 3. The van der Waals surface area contributed by atoms with Crippen LogP contribution in [0.1, 0.15) is 0 Å². The van der Waals surface area contributed by atoms with Crippen LogP contribution in [0.25, 0.3) is 0 Å². The van der Waals surface area contributed by atoms with Crippen LogP contribution in [0.2, 0.25) is 0 Å². The maximum Gasteiger partial charge on any atom is 0.455 e. The molecule has 0 aromatic heterocycles. The van der Waals surface area contributed by atoms with E-state index in [1.807, 2.05) is 0 Å². The van der Waals surface area contributed by atoms with E-state index in [1.165, 1.54) is 0 Å². The van der Waals surface area contributed by atoms with Gasteiger partial charge in [-0.15, -0.1) is 0 Å². The van der Waals surface area contributed by atoms with Crippen molar-refractivity contribution < 1.29 is 38.8 Å². The van der Waals surface area contributed by atoms with Crippen LogP contribution >= 0.6 is 0 Å². The molecule has 0 fully saturated rings. The van der Waals surface area contributed by atoms with Gasteiger partial charge in [-0.2, -0.15) is 25.8 Å². The van der Waals surface area contributed by atoms with Gasteiger partial charge in [0.25, 0.3) is 12.1 Å². The summed E-state index contributed by atoms with van der Waals surface area (Å²) in [5.74, 6) is -3.13. The molecule has 10 heteroatoms. The van der Waals surface area contributed by atoms with Crippen molar-refractivity contribution >= 4 is 16.3 Å². The van der Waals surface area contributed by atoms with E-state index in [0.717, 1.165) is 0 Å². The largest absolute Gasteiger partial charge is 0.455 e. The molecule has 0 spiro atoms. The lowest BCUT2D eigenvalue weighted by Gasteiger charge is -2.06. The highest BCUT2D eigenvalue weighted by Gasteiger charge is 2.46. The lowest BCUT2D eigenvalue weighted by molar-refractivity contribution is -0.185. The second-order valence-electron chi connectivity index (χ2n) is 1.67. The fourth-order valence-electron chi connectivity index (χ4n) is 0.273. The molecule has 0 aliphatic rings. The SMILES string of the molecule is O=C(C(F)OS(=O)(=O)F)C(F)(F)F. The van der Waals surface area contributed by atoms with Crippen LogP contribution in [-0.2, 0) is 19.5 Å². The molecule has 0 aliphatic carbocycles. The number of Topliss-reactive ketones (excluding diaryl/α,β-unsaturated/α-hetero) is 1. The first-order valence-corrected chi connectivity index (χ1v) is 3.73. The fraction of sp³-hybridized carbons (Fsp3) is 0.667. The van der Waals surface area contributed by atoms with Gasteiger partial charge in [0.15, 0.2) is 0 Å². The molecule has 0 aromatic rings. The molecular weight excluding hydrogens is 227 g/mol. The summed E-state index contributed by atoms with van der Waals surface area (Å²) in [6.45, 7) is 0. The minimum Gasteiger partial charge on any atom is -0.283 e. The molecule has 0 amide bonds. The van der Waals surface area contributed by atoms with Gasteiger partial charge in [-0.05, 0) is 0 Å². The molecule has 0 aliphatic heterocycles. The number of hydrogen-bond acceptors (Lipinski definition) is 4. The summed E-state index contributed by atoms with van der Waals surface area (Å²) >= 11 is 0. The summed E-state index contributed by atoms with van der Waals surface area (Å²) in [5, 5.41) is 0. The third-order valence-electron chi connectivity index (χ3n) is 0.685. The van der Waals surface area contributed by atoms with Crippen LogP contribution in [-0.4, -0.2) is 26.7 Å². The van der Waals surface area contributed by atoms with Crippen LogP contribution in [0.4, 0.5) is 21.4 Å². The Morgan fingerprint density at radius 1 is 1.31 bits per heavy atom. The van der Waals surface area contributed by atoms with Crippen LogP contribution < -0.4 is 0 Å². The van der Waals surface area contributed by atoms with Gasteiger partial charge in [-0.25, -0.2) is 4.39 Å². The van der Waals surface area contributed by atoms with Crippen molar-refractivity contribution in [1.29, 1.82) is 0 Å². The Labute approximate surface area is 68.7 Å². The molecule has 0 heterocycles. The highest BCUT2D eigenvalue weighted by Crippen LogP contribution is 2.20. The van der Waals surface area contributed by atoms with Crippen molar-refractivity contribution in [2.45, 2.75) is 12.5 Å². The Bertz CT molecular complexity index is 291. The van der Waals surface area contributed by atoms with Gasteiger partial charge < -0.3 is 0 Å². The Hall–Kier alpha value is -0.770. The van der Waals surface area contributed by atoms with Gasteiger partial charge in [0.05, 0.1) is 0 Å². The first-order chi connectivity index (χ1) is 5.54. The summed E-state index contributed by atoms with van der Waals surface area (Å²) in [5.41, 5.74) is 0. The topological polar surface area (TPSA) is 60.4 Å². The van der Waals surface area contributed by atoms with Gasteiger partial charge in [-0.3, -0.25) is 4.79 Å². The minimum atomic E-state index is -5.92. The maximum atomic E-state index is 11.9. The number of ketones is 1. The summed E-state index contributed by atoms with van der Waals surface area (Å²) in [4.78, 5) is 9.79. The average Bonchev–Trinajstić information content (AvgIpc) is 1.79. The van der Waals surface area contributed by atoms with Crippen molar-refractivity contribution in [1.82, 2.24) is 0 Å². The van der Waals surface area contributed by atoms with Gasteiger partial charge >= 0.3 is 16.7 Å². The number of alkyl halides is 4. The smallest absolute Gasteiger partial charge is 0.283 e. The number of halogens is 5. The molecule has 4 nitrogen and oxygen atoms in total. The van der Waals surface area contributed by atoms with Gasteiger partial charge in [0.1, 0.15) is 0 Å². The Kier molecular flexibility index (Phi) is 3.33. The monoisotopic (exact) mass is 228 g/mol. The van der Waals surface area contributed by atoms with Crippen LogP contribution in [0.3, 0.4) is 0 Å². The third kappa shape index (κ3) is 4.72. The fourth-order valence-corrected chi connectivity index (χ4v) is 0.563. The number of carbonyl (C=O) groups excluding carboxylic acids is 1. The van der Waals surface area contributed by atoms with Crippen molar-refractivity contribution in [3.05, 3.63) is 0 Å². The van der Waals surface area contributed by atoms with E-state index in [4.69, 9.17) is 0 Å². The Morgan fingerprint density at radius 3 is 1.92 bits per heavy atom. The van der Waals surface area contributed by atoms with Crippen LogP contribution in [0.5, 0.6) is 0 Å². The van der Waals surface area contributed by atoms with E-state index in [0.29, 0.717) is 0 Å². The standard InChI is InChI=1S/C3HF5O4S/c4-2(12-13(8,10)11)1(9)3(5,6)7/h2H. The van der Waals surface area contributed by atoms with Crippen molar-refractivity contribution in [3.63, 3.8) is 0 Å². The minimum absolute atomic E-state index is 2.50. The molecule has 0 saturated heterocycles. The van der Waals surface area contributed by atoms with Gasteiger partial charge in [0, 0.05) is 0 Å². The van der Waals surface area contributed by atoms with Crippen LogP contribution in [0.15, 0.2) is 0 Å². The quantitative estimate of drug-likeness (QED) is 0.525. The molecule has 1 unspecified atom stereocenters. The summed E-state index contributed by atoms with van der Waals surface area (Å²) < 4.78 is 78.5. The number of hydrogen-bond donors (Lipinski definition) is 0. The van der Waals surface area contributed by atoms with Crippen molar-refractivity contribution in [2.24, 2.45) is 0 Å². The molecule has 0 saturated carbocycles. The predicted molar refractivity (Wildman–Crippen MR) is 27.1 cm³/mol. The van der Waals surface area contributed by atoms with E-state index in [9.17, 15) is 34.7 Å². The second-order valence-corrected chi connectivity index (χ2v) is 2.65. The Balaban J connectivity index is 4.47. The Morgan fingerprint density at radius 2 is 1.69 bits per heavy atom. The first kappa shape index (κ1) is 12.2. The maximum absolute atomic E-state index is 11.9. The highest BCUT2D eigenvalue weighted by atomic mass is 32.3. The lowest BCUT2D eigenvalue weighted by Crippen LogP contribution is -2.34. The predicted octanol–water partition coefficient (Wildman–Crippen LogP) is 0.644. The van der Waals surface area contributed by atoms with Gasteiger partial charge in [0.2, 0.25) is 0 Å². The van der Waals surface area contributed by atoms with Crippen molar-refractivity contribution in [2.75, 3.05) is 0 Å². The molecule has 1 atom stereocenters. The average molecular weight is 228 g/mol. The molecule has 78 valence electrons. The van der Waals surface area contributed by atoms with Gasteiger partial charge in [-0.1, -0.05) is 3.89 Å². The molecule has 0 radical (unpaired) electrons. The van der Waals surface area contributed by atoms with Crippen LogP contribution in [0, 0.1) is 0 Å². The summed E-state index contributed by atoms with van der Waals surface area (Å²) in [6, 6.07) is 0. The zero-order valence-corrected chi connectivity index (χ0v) is 6.32. The first-order valence-electron chi connectivity index (χ1n) is 2.42. The molecule has 13 heavy (non-hydrogen) atoms. The van der Waals surface area contributed by atoms with E-state index < -0.39 is 28.8 Å². The molecule has 0 N–H and O–H groups in total. The lowest BCUT2D eigenvalue weighted by atomic mass is 10.4. The van der Waals surface area contributed by atoms with E-state index in [2.05, 4.69) is 4.18 Å². The molecule has 0 bridgehead atoms. The molecule has 0 rings (SSSR count). The summed E-state index contributed by atoms with van der Waals surface area (Å²) in [7, 11) is -5.92. The second kappa shape index (κ2) is 3.54. The molecular formula is C3HF5O4S.